The highest BCUT2D eigenvalue weighted by molar-refractivity contribution is 6.19. The number of para-hydroxylation sites is 3. The van der Waals surface area contributed by atoms with Crippen molar-refractivity contribution < 1.29 is 0 Å². The molecular weight excluding hydrogens is 693 g/mol. The molecule has 274 valence electrons. The van der Waals surface area contributed by atoms with Gasteiger partial charge in [-0.25, -0.2) is 9.97 Å². The van der Waals surface area contributed by atoms with E-state index in [1.54, 1.807) is 6.08 Å². The third kappa shape index (κ3) is 6.12. The van der Waals surface area contributed by atoms with Gasteiger partial charge in [-0.05, 0) is 74.2 Å². The second-order valence-electron chi connectivity index (χ2n) is 14.1. The number of anilines is 3. The first-order chi connectivity index (χ1) is 28.1. The maximum absolute atomic E-state index is 5.13. The highest BCUT2D eigenvalue weighted by Gasteiger charge is 2.31. The molecule has 9 rings (SSSR count). The number of hydrogen-bond donors (Lipinski definition) is 0. The molecule has 8 aromatic rings. The molecule has 6 aromatic carbocycles. The Morgan fingerprint density at radius 3 is 2.00 bits per heavy atom. The Morgan fingerprint density at radius 2 is 1.26 bits per heavy atom. The van der Waals surface area contributed by atoms with Crippen LogP contribution in [-0.4, -0.2) is 14.5 Å². The Balaban J connectivity index is 1.32. The molecule has 0 fully saturated rings. The van der Waals surface area contributed by atoms with Crippen molar-refractivity contribution in [3.63, 3.8) is 0 Å². The van der Waals surface area contributed by atoms with E-state index >= 15 is 0 Å². The van der Waals surface area contributed by atoms with E-state index in [0.29, 0.717) is 5.82 Å². The summed E-state index contributed by atoms with van der Waals surface area (Å²) in [5, 5.41) is 3.62. The van der Waals surface area contributed by atoms with E-state index in [4.69, 9.17) is 9.97 Å². The van der Waals surface area contributed by atoms with Gasteiger partial charge in [0.2, 0.25) is 0 Å². The fourth-order valence-corrected chi connectivity index (χ4v) is 8.24. The minimum absolute atomic E-state index is 0.653. The number of nitrogens with zero attached hydrogens (tertiary/aromatic N) is 4. The van der Waals surface area contributed by atoms with Gasteiger partial charge in [0.1, 0.15) is 0 Å². The van der Waals surface area contributed by atoms with E-state index in [-0.39, 0.29) is 0 Å². The largest absolute Gasteiger partial charge is 0.309 e. The molecule has 4 nitrogen and oxygen atoms in total. The summed E-state index contributed by atoms with van der Waals surface area (Å²) in [5.74, 6) is 0.653. The second-order valence-corrected chi connectivity index (χ2v) is 14.1. The minimum atomic E-state index is 0.653. The van der Waals surface area contributed by atoms with Crippen molar-refractivity contribution in [2.24, 2.45) is 0 Å². The predicted molar refractivity (Wildman–Crippen MR) is 242 cm³/mol. The first-order valence-electron chi connectivity index (χ1n) is 19.5. The standard InChI is InChI=1S/C53H42N4/c1-5-18-36(8-4)46-35-47(55-53(54-46)39(19-6-2)20-7-3)38-29-32-41(33-30-38)57-51-42-24-13-12-21-37(42)31-34-45(51)50-43-25-14-16-27-48(43)56(40-22-10-9-11-23-40)49-28-17-15-26-44(49)52(50)57/h5-35H,2H2,1,3-4H3/b18-5-,20-7-,36-8+,39-19+. The van der Waals surface area contributed by atoms with E-state index in [1.165, 1.54) is 32.8 Å². The van der Waals surface area contributed by atoms with Crippen LogP contribution >= 0.6 is 0 Å². The van der Waals surface area contributed by atoms with Gasteiger partial charge >= 0.3 is 0 Å². The van der Waals surface area contributed by atoms with Crippen molar-refractivity contribution in [2.45, 2.75) is 20.8 Å². The molecule has 1 aliphatic rings. The van der Waals surface area contributed by atoms with Gasteiger partial charge in [-0.15, -0.1) is 0 Å². The van der Waals surface area contributed by atoms with E-state index < -0.39 is 0 Å². The third-order valence-electron chi connectivity index (χ3n) is 10.7. The van der Waals surface area contributed by atoms with Crippen molar-refractivity contribution in [3.8, 4) is 39.3 Å². The lowest BCUT2D eigenvalue weighted by atomic mass is 9.97. The highest BCUT2D eigenvalue weighted by Crippen LogP contribution is 2.55. The Labute approximate surface area is 334 Å². The summed E-state index contributed by atoms with van der Waals surface area (Å²) >= 11 is 0. The SMILES string of the molecule is C=C/C=C(\C=C/C)c1nc(C(/C=C\C)=C/C)cc(-c2ccc(-n3c4c(c5ccc6ccccc6c53)-c3ccccc3N(c3ccccc3)c3ccccc3-4)cc2)n1. The molecule has 57 heavy (non-hydrogen) atoms. The molecule has 0 radical (unpaired) electrons. The predicted octanol–water partition coefficient (Wildman–Crippen LogP) is 14.5. The van der Waals surface area contributed by atoms with Gasteiger partial charge < -0.3 is 9.47 Å². The van der Waals surface area contributed by atoms with E-state index in [0.717, 1.165) is 62.1 Å². The molecule has 0 saturated heterocycles. The summed E-state index contributed by atoms with van der Waals surface area (Å²) in [5.41, 5.74) is 15.1. The van der Waals surface area contributed by atoms with Gasteiger partial charge in [0.05, 0.1) is 34.0 Å². The first kappa shape index (κ1) is 35.4. The lowest BCUT2D eigenvalue weighted by Crippen LogP contribution is -2.11. The molecule has 0 N–H and O–H groups in total. The number of aromatic nitrogens is 3. The molecule has 0 spiro atoms. The molecule has 0 unspecified atom stereocenters. The summed E-state index contributed by atoms with van der Waals surface area (Å²) in [4.78, 5) is 12.6. The number of hydrogen-bond acceptors (Lipinski definition) is 3. The van der Waals surface area contributed by atoms with Gasteiger partial charge in [-0.3, -0.25) is 0 Å². The Kier molecular flexibility index (Phi) is 9.37. The summed E-state index contributed by atoms with van der Waals surface area (Å²) in [6.07, 6.45) is 14.0. The zero-order valence-electron chi connectivity index (χ0n) is 32.4. The highest BCUT2D eigenvalue weighted by atomic mass is 15.2. The fourth-order valence-electron chi connectivity index (χ4n) is 8.24. The molecule has 0 bridgehead atoms. The van der Waals surface area contributed by atoms with Crippen molar-refractivity contribution in [1.82, 2.24) is 14.5 Å². The summed E-state index contributed by atoms with van der Waals surface area (Å²) < 4.78 is 2.48. The van der Waals surface area contributed by atoms with Crippen LogP contribution in [0.4, 0.5) is 17.1 Å². The van der Waals surface area contributed by atoms with Crippen LogP contribution in [0.1, 0.15) is 32.3 Å². The Bertz CT molecular complexity index is 2940. The second kappa shape index (κ2) is 15.1. The number of benzene rings is 6. The number of allylic oxidation sites excluding steroid dienone is 9. The quantitative estimate of drug-likeness (QED) is 0.146. The third-order valence-corrected chi connectivity index (χ3v) is 10.7. The van der Waals surface area contributed by atoms with Crippen LogP contribution in [0.5, 0.6) is 0 Å². The number of fused-ring (bicyclic) bond motifs is 9. The van der Waals surface area contributed by atoms with Crippen LogP contribution in [0.3, 0.4) is 0 Å². The maximum atomic E-state index is 5.13. The summed E-state index contributed by atoms with van der Waals surface area (Å²) in [7, 11) is 0. The topological polar surface area (TPSA) is 34.0 Å². The average molecular weight is 735 g/mol. The smallest absolute Gasteiger partial charge is 0.160 e. The molecule has 4 heteroatoms. The van der Waals surface area contributed by atoms with Gasteiger partial charge in [-0.1, -0.05) is 152 Å². The molecule has 0 amide bonds. The zero-order chi connectivity index (χ0) is 38.9. The Morgan fingerprint density at radius 1 is 0.596 bits per heavy atom. The van der Waals surface area contributed by atoms with Crippen molar-refractivity contribution in [2.75, 3.05) is 4.90 Å². The molecule has 0 atom stereocenters. The van der Waals surface area contributed by atoms with Crippen molar-refractivity contribution in [1.29, 1.82) is 0 Å². The van der Waals surface area contributed by atoms with Crippen LogP contribution in [-0.2, 0) is 0 Å². The average Bonchev–Trinajstić information content (AvgIpc) is 3.55. The molecule has 2 aromatic heterocycles. The number of rotatable bonds is 8. The van der Waals surface area contributed by atoms with E-state index in [9.17, 15) is 0 Å². The van der Waals surface area contributed by atoms with Crippen LogP contribution in [0, 0.1) is 0 Å². The van der Waals surface area contributed by atoms with Gasteiger partial charge in [0, 0.05) is 50.0 Å². The molecular formula is C53H42N4. The molecule has 3 heterocycles. The zero-order valence-corrected chi connectivity index (χ0v) is 32.4. The Hall–Kier alpha value is -7.30. The van der Waals surface area contributed by atoms with E-state index in [2.05, 4.69) is 174 Å². The van der Waals surface area contributed by atoms with Gasteiger partial charge in [-0.2, -0.15) is 0 Å². The van der Waals surface area contributed by atoms with Crippen LogP contribution in [0.25, 0.3) is 72.2 Å². The van der Waals surface area contributed by atoms with Crippen molar-refractivity contribution in [3.05, 3.63) is 206 Å². The lowest BCUT2D eigenvalue weighted by molar-refractivity contribution is 1.10. The van der Waals surface area contributed by atoms with Gasteiger partial charge in [0.15, 0.2) is 5.82 Å². The van der Waals surface area contributed by atoms with Crippen LogP contribution < -0.4 is 4.90 Å². The van der Waals surface area contributed by atoms with Crippen LogP contribution in [0.2, 0.25) is 0 Å². The van der Waals surface area contributed by atoms with Crippen molar-refractivity contribution >= 4 is 49.9 Å². The monoisotopic (exact) mass is 734 g/mol. The summed E-state index contributed by atoms with van der Waals surface area (Å²) in [6, 6.07) is 52.6. The molecule has 1 aliphatic heterocycles. The minimum Gasteiger partial charge on any atom is -0.309 e. The maximum Gasteiger partial charge on any atom is 0.160 e. The first-order valence-corrected chi connectivity index (χ1v) is 19.5. The van der Waals surface area contributed by atoms with Gasteiger partial charge in [0.25, 0.3) is 0 Å². The lowest BCUT2D eigenvalue weighted by Gasteiger charge is -2.27. The summed E-state index contributed by atoms with van der Waals surface area (Å²) in [6.45, 7) is 10.0. The normalized spacial score (nSPS) is 12.9. The molecule has 0 saturated carbocycles. The van der Waals surface area contributed by atoms with E-state index in [1.807, 2.05) is 45.1 Å². The molecule has 0 aliphatic carbocycles. The fraction of sp³-hybridized carbons (Fsp3) is 0.0566. The van der Waals surface area contributed by atoms with Crippen LogP contribution in [0.15, 0.2) is 195 Å².